The number of piperidine rings is 2. The van der Waals surface area contributed by atoms with Gasteiger partial charge in [0, 0.05) is 24.2 Å². The van der Waals surface area contributed by atoms with Crippen LogP contribution in [0.2, 0.25) is 5.02 Å². The van der Waals surface area contributed by atoms with Gasteiger partial charge in [0.25, 0.3) is 0 Å². The van der Waals surface area contributed by atoms with Crippen molar-refractivity contribution >= 4 is 41.2 Å². The molecule has 0 aliphatic carbocycles. The number of benzene rings is 2. The molecule has 2 aromatic rings. The second-order valence-corrected chi connectivity index (χ2v) is 12.6. The summed E-state index contributed by atoms with van der Waals surface area (Å²) < 4.78 is 34.9. The Morgan fingerprint density at radius 1 is 0.872 bits per heavy atom. The number of amides is 1. The van der Waals surface area contributed by atoms with E-state index >= 15 is 0 Å². The molecule has 3 fully saturated rings. The summed E-state index contributed by atoms with van der Waals surface area (Å²) in [5, 5.41) is 0.481. The fourth-order valence-electron chi connectivity index (χ4n) is 6.05. The second kappa shape index (κ2) is 14.2. The van der Waals surface area contributed by atoms with Gasteiger partial charge in [0.2, 0.25) is 10.0 Å². The molecule has 0 spiro atoms. The van der Waals surface area contributed by atoms with Gasteiger partial charge < -0.3 is 14.5 Å². The lowest BCUT2D eigenvalue weighted by Crippen LogP contribution is -2.48. The van der Waals surface area contributed by atoms with Crippen LogP contribution in [-0.4, -0.2) is 73.5 Å². The molecule has 7 nitrogen and oxygen atoms in total. The Morgan fingerprint density at radius 2 is 1.51 bits per heavy atom. The second-order valence-electron chi connectivity index (χ2n) is 10.3. The number of ether oxygens (including phenoxy) is 1. The van der Waals surface area contributed by atoms with E-state index in [2.05, 4.69) is 4.90 Å². The summed E-state index contributed by atoms with van der Waals surface area (Å²) >= 11 is 6.01. The van der Waals surface area contributed by atoms with Crippen LogP contribution in [0.1, 0.15) is 64.0 Å². The predicted molar refractivity (Wildman–Crippen MR) is 161 cm³/mol. The smallest absolute Gasteiger partial charge is 0.409 e. The molecule has 2 aromatic carbocycles. The molecule has 5 rings (SSSR count). The first-order valence-electron chi connectivity index (χ1n) is 13.4. The minimum atomic E-state index is -3.83. The third-order valence-electron chi connectivity index (χ3n) is 8.04. The lowest BCUT2D eigenvalue weighted by molar-refractivity contribution is 0.0575. The Labute approximate surface area is 245 Å². The minimum Gasteiger partial charge on any atom is -0.448 e. The minimum absolute atomic E-state index is 0. The van der Waals surface area contributed by atoms with Crippen LogP contribution < -0.4 is 0 Å². The van der Waals surface area contributed by atoms with Crippen molar-refractivity contribution in [2.45, 2.75) is 75.4 Å². The number of hydrogen-bond donors (Lipinski definition) is 0. The third-order valence-corrected chi connectivity index (χ3v) is 10.3. The van der Waals surface area contributed by atoms with Crippen LogP contribution >= 0.6 is 25.1 Å². The first-order chi connectivity index (χ1) is 17.9. The highest BCUT2D eigenvalue weighted by atomic mass is 35.5. The van der Waals surface area contributed by atoms with E-state index in [1.165, 1.54) is 31.4 Å². The Hall–Kier alpha value is -1.78. The number of likely N-dealkylation sites (tertiary alicyclic amines) is 2. The molecule has 0 radical (unpaired) electrons. The number of nitrogens with zero attached hydrogens (tertiary/aromatic N) is 3. The van der Waals surface area contributed by atoms with Crippen molar-refractivity contribution in [1.82, 2.24) is 14.1 Å². The number of halogens is 1. The van der Waals surface area contributed by atoms with Gasteiger partial charge in [-0.05, 0) is 81.4 Å². The molecule has 39 heavy (non-hydrogen) atoms. The zero-order valence-corrected chi connectivity index (χ0v) is 24.2. The lowest BCUT2D eigenvalue weighted by Gasteiger charge is -2.40. The summed E-state index contributed by atoms with van der Waals surface area (Å²) in [6.07, 6.45) is 6.73. The summed E-state index contributed by atoms with van der Waals surface area (Å²) in [5.41, 5.74) is 0.939. The normalized spacial score (nSPS) is 23.1. The van der Waals surface area contributed by atoms with E-state index in [1.54, 1.807) is 21.3 Å². The van der Waals surface area contributed by atoms with E-state index < -0.39 is 16.1 Å². The largest absolute Gasteiger partial charge is 0.448 e. The SMILES string of the molecule is C.O=C(OC[C@H]1CCC(c2ccccc2)N1S(=O)(=O)c1ccc(Cl)cc1)N1CCC(N2CCCCC2)CC1.S. The van der Waals surface area contributed by atoms with Crippen LogP contribution in [0.25, 0.3) is 0 Å². The maximum atomic E-state index is 13.8. The van der Waals surface area contributed by atoms with Crippen LogP contribution in [0.15, 0.2) is 59.5 Å². The van der Waals surface area contributed by atoms with Crippen molar-refractivity contribution in [3.63, 3.8) is 0 Å². The lowest BCUT2D eigenvalue weighted by atomic mass is 10.0. The average Bonchev–Trinajstić information content (AvgIpc) is 3.38. The molecule has 0 aromatic heterocycles. The van der Waals surface area contributed by atoms with Crippen molar-refractivity contribution in [2.24, 2.45) is 0 Å². The molecule has 0 bridgehead atoms. The van der Waals surface area contributed by atoms with Gasteiger partial charge in [-0.2, -0.15) is 17.8 Å². The zero-order valence-electron chi connectivity index (χ0n) is 21.7. The molecule has 3 aliphatic heterocycles. The molecule has 10 heteroatoms. The molecule has 1 unspecified atom stereocenters. The molecule has 3 saturated heterocycles. The number of hydrogen-bond acceptors (Lipinski definition) is 5. The van der Waals surface area contributed by atoms with Gasteiger partial charge in [-0.3, -0.25) is 0 Å². The Morgan fingerprint density at radius 3 is 2.15 bits per heavy atom. The number of sulfonamides is 1. The quantitative estimate of drug-likeness (QED) is 0.405. The van der Waals surface area contributed by atoms with Crippen LogP contribution in [0.5, 0.6) is 0 Å². The van der Waals surface area contributed by atoms with E-state index in [4.69, 9.17) is 16.3 Å². The maximum Gasteiger partial charge on any atom is 0.409 e. The van der Waals surface area contributed by atoms with Crippen LogP contribution in [0.4, 0.5) is 4.79 Å². The number of rotatable bonds is 6. The predicted octanol–water partition coefficient (Wildman–Crippen LogP) is 6.07. The highest BCUT2D eigenvalue weighted by molar-refractivity contribution is 7.89. The summed E-state index contributed by atoms with van der Waals surface area (Å²) in [7, 11) is -3.83. The Bertz CT molecular complexity index is 1150. The molecule has 3 heterocycles. The first kappa shape index (κ1) is 31.7. The van der Waals surface area contributed by atoms with E-state index in [0.29, 0.717) is 37.0 Å². The molecule has 1 amide bonds. The van der Waals surface area contributed by atoms with E-state index in [0.717, 1.165) is 31.5 Å². The molecule has 3 aliphatic rings. The van der Waals surface area contributed by atoms with Crippen LogP contribution in [0, 0.1) is 0 Å². The summed E-state index contributed by atoms with van der Waals surface area (Å²) in [6, 6.07) is 15.7. The van der Waals surface area contributed by atoms with E-state index in [1.807, 2.05) is 30.3 Å². The highest BCUT2D eigenvalue weighted by Gasteiger charge is 2.43. The van der Waals surface area contributed by atoms with Crippen molar-refractivity contribution in [2.75, 3.05) is 32.8 Å². The van der Waals surface area contributed by atoms with Crippen molar-refractivity contribution in [3.05, 3.63) is 65.2 Å². The molecular weight excluding hydrogens is 554 g/mol. The monoisotopic (exact) mass is 595 g/mol. The van der Waals surface area contributed by atoms with Gasteiger partial charge >= 0.3 is 6.09 Å². The molecule has 0 saturated carbocycles. The van der Waals surface area contributed by atoms with Gasteiger partial charge in [0.15, 0.2) is 0 Å². The van der Waals surface area contributed by atoms with E-state index in [-0.39, 0.29) is 44.6 Å². The van der Waals surface area contributed by atoms with Gasteiger partial charge in [0.05, 0.1) is 17.0 Å². The molecule has 216 valence electrons. The van der Waals surface area contributed by atoms with Gasteiger partial charge in [-0.15, -0.1) is 0 Å². The fourth-order valence-corrected chi connectivity index (χ4v) is 8.02. The van der Waals surface area contributed by atoms with Crippen molar-refractivity contribution in [1.29, 1.82) is 0 Å². The maximum absolute atomic E-state index is 13.8. The summed E-state index contributed by atoms with van der Waals surface area (Å²) in [6.45, 7) is 3.74. The molecule has 2 atom stereocenters. The van der Waals surface area contributed by atoms with Crippen molar-refractivity contribution < 1.29 is 17.9 Å². The first-order valence-corrected chi connectivity index (χ1v) is 15.2. The highest BCUT2D eigenvalue weighted by Crippen LogP contribution is 2.40. The van der Waals surface area contributed by atoms with Crippen LogP contribution in [-0.2, 0) is 14.8 Å². The molecular formula is C29H42ClN3O4S2. The summed E-state index contributed by atoms with van der Waals surface area (Å²) in [4.78, 5) is 17.5. The Kier molecular flexibility index (Phi) is 11.6. The zero-order chi connectivity index (χ0) is 25.8. The number of carbonyl (C=O) groups is 1. The van der Waals surface area contributed by atoms with E-state index in [9.17, 15) is 13.2 Å². The molecule has 0 N–H and O–H groups in total. The summed E-state index contributed by atoms with van der Waals surface area (Å²) in [5.74, 6) is 0. The number of carbonyl (C=O) groups excluding carboxylic acids is 1. The standard InChI is InChI=1S/C28H36ClN3O4S.CH4.H2S/c29-23-9-12-26(13-10-23)37(34,35)32-25(11-14-27(32)22-7-3-1-4-8-22)21-36-28(33)31-19-15-24(16-20-31)30-17-5-2-6-18-30;;/h1,3-4,7-10,12-13,24-25,27H,2,5-6,11,14-21H2;1H4;1H2/t25-,27?;;/m1../s1. The van der Waals surface area contributed by atoms with Gasteiger partial charge in [-0.1, -0.05) is 55.8 Å². The Balaban J connectivity index is 0.00000210. The average molecular weight is 596 g/mol. The third kappa shape index (κ3) is 7.30. The van der Waals surface area contributed by atoms with Gasteiger partial charge in [0.1, 0.15) is 6.61 Å². The van der Waals surface area contributed by atoms with Crippen LogP contribution in [0.3, 0.4) is 0 Å². The fraction of sp³-hybridized carbons (Fsp3) is 0.552. The topological polar surface area (TPSA) is 70.2 Å². The van der Waals surface area contributed by atoms with Crippen molar-refractivity contribution in [3.8, 4) is 0 Å². The van der Waals surface area contributed by atoms with Gasteiger partial charge in [-0.25, -0.2) is 13.2 Å².